The van der Waals surface area contributed by atoms with Crippen LogP contribution < -0.4 is 4.90 Å². The number of benzene rings is 1. The highest BCUT2D eigenvalue weighted by atomic mass is 32.1. The first kappa shape index (κ1) is 17.7. The molecule has 2 aliphatic heterocycles. The number of hydrogen-bond acceptors (Lipinski definition) is 5. The first-order chi connectivity index (χ1) is 12.5. The van der Waals surface area contributed by atoms with Crippen molar-refractivity contribution < 1.29 is 4.79 Å². The molecule has 1 aromatic heterocycles. The third kappa shape index (κ3) is 3.18. The second kappa shape index (κ2) is 7.12. The molecule has 4 rings (SSSR count). The van der Waals surface area contributed by atoms with Crippen molar-refractivity contribution >= 4 is 22.2 Å². The molecular weight excluding hydrogens is 344 g/mol. The molecule has 0 radical (unpaired) electrons. The molecule has 0 unspecified atom stereocenters. The van der Waals surface area contributed by atoms with E-state index < -0.39 is 0 Å². The Bertz CT molecular complexity index is 796. The lowest BCUT2D eigenvalue weighted by Gasteiger charge is -2.44. The van der Waals surface area contributed by atoms with Crippen LogP contribution in [0.1, 0.15) is 26.4 Å². The van der Waals surface area contributed by atoms with E-state index in [1.807, 2.05) is 35.2 Å². The van der Waals surface area contributed by atoms with E-state index in [0.29, 0.717) is 6.67 Å². The lowest BCUT2D eigenvalue weighted by atomic mass is 10.1. The Hall–Kier alpha value is -1.73. The Balaban J connectivity index is 1.66. The minimum atomic E-state index is 0.0897. The number of thiophene rings is 1. The van der Waals surface area contributed by atoms with E-state index in [0.717, 1.165) is 43.3 Å². The van der Waals surface area contributed by atoms with E-state index in [4.69, 9.17) is 0 Å². The Morgan fingerprint density at radius 1 is 1.00 bits per heavy atom. The number of hydrazine groups is 1. The van der Waals surface area contributed by atoms with E-state index in [1.165, 1.54) is 16.0 Å². The van der Waals surface area contributed by atoms with Crippen molar-refractivity contribution in [2.45, 2.75) is 20.4 Å². The van der Waals surface area contributed by atoms with Crippen LogP contribution in [0.5, 0.6) is 0 Å². The maximum Gasteiger partial charge on any atom is 0.260 e. The summed E-state index contributed by atoms with van der Waals surface area (Å²) >= 11 is 1.75. The van der Waals surface area contributed by atoms with Gasteiger partial charge in [0.05, 0.1) is 6.67 Å². The molecule has 0 bridgehead atoms. The number of anilines is 1. The molecule has 0 aliphatic carbocycles. The number of carbonyl (C=O) groups excluding carboxylic acids is 1. The van der Waals surface area contributed by atoms with Crippen molar-refractivity contribution in [3.63, 3.8) is 0 Å². The molecule has 2 aromatic rings. The Morgan fingerprint density at radius 3 is 2.38 bits per heavy atom. The van der Waals surface area contributed by atoms with E-state index in [2.05, 4.69) is 35.8 Å². The van der Waals surface area contributed by atoms with Crippen molar-refractivity contribution in [1.82, 2.24) is 14.9 Å². The van der Waals surface area contributed by atoms with E-state index in [9.17, 15) is 4.79 Å². The number of nitrogens with zero attached hydrogens (tertiary/aromatic N) is 4. The number of likely N-dealkylation sites (N-methyl/N-ethyl adjacent to an activating group) is 1. The lowest BCUT2D eigenvalue weighted by Crippen LogP contribution is -2.57. The van der Waals surface area contributed by atoms with Gasteiger partial charge >= 0.3 is 0 Å². The summed E-state index contributed by atoms with van der Waals surface area (Å²) in [6, 6.07) is 9.63. The van der Waals surface area contributed by atoms with Gasteiger partial charge in [-0.25, -0.2) is 10.0 Å². The quantitative estimate of drug-likeness (QED) is 0.813. The van der Waals surface area contributed by atoms with Gasteiger partial charge in [0.15, 0.2) is 0 Å². The van der Waals surface area contributed by atoms with Crippen LogP contribution in [0.4, 0.5) is 5.00 Å². The van der Waals surface area contributed by atoms with Gasteiger partial charge in [0.1, 0.15) is 5.00 Å². The van der Waals surface area contributed by atoms with E-state index in [-0.39, 0.29) is 5.91 Å². The number of amides is 1. The summed E-state index contributed by atoms with van der Waals surface area (Å²) in [5, 5.41) is 5.90. The predicted octanol–water partition coefficient (Wildman–Crippen LogP) is 2.95. The minimum Gasteiger partial charge on any atom is -0.304 e. The van der Waals surface area contributed by atoms with Crippen LogP contribution in [-0.4, -0.2) is 60.7 Å². The van der Waals surface area contributed by atoms with Gasteiger partial charge in [0.2, 0.25) is 0 Å². The van der Waals surface area contributed by atoms with Crippen LogP contribution in [0.15, 0.2) is 30.3 Å². The van der Waals surface area contributed by atoms with Crippen molar-refractivity contribution in [3.8, 4) is 0 Å². The molecule has 138 valence electrons. The Morgan fingerprint density at radius 2 is 1.69 bits per heavy atom. The SMILES string of the molecule is Cc1sc2c(c1C)CN(N1CCN(C)CC1)CN2C(=O)c1ccccc1. The standard InChI is InChI=1S/C20H26N4OS/c1-15-16(2)26-20-18(15)13-23(22-11-9-21(3)10-12-22)14-24(20)19(25)17-7-5-4-6-8-17/h4-8H,9-14H2,1-3H3. The van der Waals surface area contributed by atoms with Gasteiger partial charge in [-0.3, -0.25) is 9.69 Å². The molecule has 6 heteroatoms. The van der Waals surface area contributed by atoms with Gasteiger partial charge in [-0.2, -0.15) is 0 Å². The summed E-state index contributed by atoms with van der Waals surface area (Å²) in [6.45, 7) is 10.0. The topological polar surface area (TPSA) is 30.0 Å². The first-order valence-corrected chi connectivity index (χ1v) is 10.0. The summed E-state index contributed by atoms with van der Waals surface area (Å²) < 4.78 is 0. The molecule has 0 saturated carbocycles. The average molecular weight is 371 g/mol. The van der Waals surface area contributed by atoms with Crippen LogP contribution in [-0.2, 0) is 6.54 Å². The van der Waals surface area contributed by atoms with Gasteiger partial charge in [-0.15, -0.1) is 11.3 Å². The van der Waals surface area contributed by atoms with Gasteiger partial charge < -0.3 is 4.90 Å². The highest BCUT2D eigenvalue weighted by Crippen LogP contribution is 2.40. The zero-order valence-corrected chi connectivity index (χ0v) is 16.6. The number of hydrogen-bond donors (Lipinski definition) is 0. The normalized spacial score (nSPS) is 19.6. The third-order valence-electron chi connectivity index (χ3n) is 5.52. The number of piperazine rings is 1. The minimum absolute atomic E-state index is 0.0897. The average Bonchev–Trinajstić information content (AvgIpc) is 2.96. The van der Waals surface area contributed by atoms with Crippen LogP contribution in [0, 0.1) is 13.8 Å². The zero-order valence-electron chi connectivity index (χ0n) is 15.7. The highest BCUT2D eigenvalue weighted by Gasteiger charge is 2.34. The van der Waals surface area contributed by atoms with Crippen LogP contribution >= 0.6 is 11.3 Å². The summed E-state index contributed by atoms with van der Waals surface area (Å²) in [5.74, 6) is 0.0897. The molecule has 1 amide bonds. The zero-order chi connectivity index (χ0) is 18.3. The smallest absolute Gasteiger partial charge is 0.260 e. The summed E-state index contributed by atoms with van der Waals surface area (Å²) in [6.07, 6.45) is 0. The number of fused-ring (bicyclic) bond motifs is 1. The van der Waals surface area contributed by atoms with Crippen molar-refractivity contribution in [1.29, 1.82) is 0 Å². The fourth-order valence-electron chi connectivity index (χ4n) is 3.68. The summed E-state index contributed by atoms with van der Waals surface area (Å²) in [7, 11) is 2.17. The second-order valence-corrected chi connectivity index (χ2v) is 8.43. The van der Waals surface area contributed by atoms with Gasteiger partial charge in [-0.05, 0) is 38.6 Å². The fraction of sp³-hybridized carbons (Fsp3) is 0.450. The lowest BCUT2D eigenvalue weighted by molar-refractivity contribution is -0.0621. The maximum atomic E-state index is 13.2. The number of rotatable bonds is 2. The van der Waals surface area contributed by atoms with Crippen LogP contribution in [0.2, 0.25) is 0 Å². The van der Waals surface area contributed by atoms with E-state index >= 15 is 0 Å². The molecule has 0 N–H and O–H groups in total. The van der Waals surface area contributed by atoms with Crippen molar-refractivity contribution in [3.05, 3.63) is 51.9 Å². The Kier molecular flexibility index (Phi) is 4.84. The molecule has 1 fully saturated rings. The molecule has 3 heterocycles. The summed E-state index contributed by atoms with van der Waals surface area (Å²) in [5.41, 5.74) is 3.39. The molecular formula is C20H26N4OS. The molecule has 0 spiro atoms. The molecule has 1 aromatic carbocycles. The molecule has 1 saturated heterocycles. The molecule has 2 aliphatic rings. The van der Waals surface area contributed by atoms with E-state index in [1.54, 1.807) is 11.3 Å². The molecule has 26 heavy (non-hydrogen) atoms. The summed E-state index contributed by atoms with van der Waals surface area (Å²) in [4.78, 5) is 18.9. The molecule has 5 nitrogen and oxygen atoms in total. The fourth-order valence-corrected chi connectivity index (χ4v) is 4.84. The van der Waals surface area contributed by atoms with Crippen LogP contribution in [0.25, 0.3) is 0 Å². The molecule has 0 atom stereocenters. The monoisotopic (exact) mass is 370 g/mol. The van der Waals surface area contributed by atoms with Crippen molar-refractivity contribution in [2.24, 2.45) is 0 Å². The number of aryl methyl sites for hydroxylation is 1. The first-order valence-electron chi connectivity index (χ1n) is 9.18. The van der Waals surface area contributed by atoms with Crippen molar-refractivity contribution in [2.75, 3.05) is 44.8 Å². The Labute approximate surface area is 159 Å². The predicted molar refractivity (Wildman–Crippen MR) is 107 cm³/mol. The van der Waals surface area contributed by atoms with Gasteiger partial charge in [0.25, 0.3) is 5.91 Å². The highest BCUT2D eigenvalue weighted by molar-refractivity contribution is 7.16. The maximum absolute atomic E-state index is 13.2. The van der Waals surface area contributed by atoms with Gasteiger partial charge in [-0.1, -0.05) is 18.2 Å². The third-order valence-corrected chi connectivity index (χ3v) is 6.80. The largest absolute Gasteiger partial charge is 0.304 e. The van der Waals surface area contributed by atoms with Crippen LogP contribution in [0.3, 0.4) is 0 Å². The second-order valence-electron chi connectivity index (χ2n) is 7.23. The van der Waals surface area contributed by atoms with Gasteiger partial charge in [0, 0.05) is 48.7 Å². The number of carbonyl (C=O) groups is 1.